The highest BCUT2D eigenvalue weighted by Gasteiger charge is 2.10. The number of nitrogens with zero attached hydrogens (tertiary/aromatic N) is 1. The largest absolute Gasteiger partial charge is 0.298 e. The predicted molar refractivity (Wildman–Crippen MR) is 102 cm³/mol. The molecule has 0 aliphatic rings. The molecule has 1 heterocycles. The Morgan fingerprint density at radius 1 is 1.18 bits per heavy atom. The minimum atomic E-state index is -0.143. The first-order chi connectivity index (χ1) is 10.6. The lowest BCUT2D eigenvalue weighted by Gasteiger charge is -2.02. The van der Waals surface area contributed by atoms with Crippen LogP contribution in [0.5, 0.6) is 0 Å². The van der Waals surface area contributed by atoms with E-state index in [1.54, 1.807) is 6.07 Å². The van der Waals surface area contributed by atoms with Crippen LogP contribution in [0.15, 0.2) is 58.4 Å². The van der Waals surface area contributed by atoms with Gasteiger partial charge in [-0.05, 0) is 52.9 Å². The maximum absolute atomic E-state index is 12.2. The van der Waals surface area contributed by atoms with Crippen molar-refractivity contribution in [3.8, 4) is 11.3 Å². The van der Waals surface area contributed by atoms with Crippen LogP contribution in [0.25, 0.3) is 11.3 Å². The predicted octanol–water partition coefficient (Wildman–Crippen LogP) is 5.43. The Kier molecular flexibility index (Phi) is 4.90. The molecule has 0 atom stereocenters. The first-order valence-corrected chi connectivity index (χ1v) is 9.15. The molecule has 3 nitrogen and oxygen atoms in total. The molecule has 0 unspecified atom stereocenters. The SMILES string of the molecule is O=C(Nc1nc(-c2ccc(Br)cc2)cs1)c1cccc(I)c1. The van der Waals surface area contributed by atoms with Gasteiger partial charge in [0.15, 0.2) is 5.13 Å². The summed E-state index contributed by atoms with van der Waals surface area (Å²) in [5.74, 6) is -0.143. The topological polar surface area (TPSA) is 42.0 Å². The molecule has 1 aromatic heterocycles. The quantitative estimate of drug-likeness (QED) is 0.503. The van der Waals surface area contributed by atoms with Crippen LogP contribution in [-0.2, 0) is 0 Å². The van der Waals surface area contributed by atoms with Crippen molar-refractivity contribution in [3.63, 3.8) is 0 Å². The van der Waals surface area contributed by atoms with Gasteiger partial charge in [-0.15, -0.1) is 11.3 Å². The molecule has 110 valence electrons. The van der Waals surface area contributed by atoms with Crippen molar-refractivity contribution in [1.29, 1.82) is 0 Å². The Morgan fingerprint density at radius 3 is 2.68 bits per heavy atom. The fourth-order valence-electron chi connectivity index (χ4n) is 1.88. The van der Waals surface area contributed by atoms with Crippen LogP contribution >= 0.6 is 49.9 Å². The van der Waals surface area contributed by atoms with Gasteiger partial charge in [0.1, 0.15) is 0 Å². The molecule has 3 aromatic rings. The molecule has 0 bridgehead atoms. The number of anilines is 1. The average molecular weight is 485 g/mol. The van der Waals surface area contributed by atoms with Gasteiger partial charge in [-0.2, -0.15) is 0 Å². The molecule has 3 rings (SSSR count). The number of nitrogens with one attached hydrogen (secondary N) is 1. The third kappa shape index (κ3) is 3.74. The summed E-state index contributed by atoms with van der Waals surface area (Å²) < 4.78 is 2.05. The first kappa shape index (κ1) is 15.6. The van der Waals surface area contributed by atoms with E-state index in [-0.39, 0.29) is 5.91 Å². The van der Waals surface area contributed by atoms with Crippen molar-refractivity contribution in [2.75, 3.05) is 5.32 Å². The summed E-state index contributed by atoms with van der Waals surface area (Å²) in [6.45, 7) is 0. The number of carbonyl (C=O) groups excluding carboxylic acids is 1. The van der Waals surface area contributed by atoms with Gasteiger partial charge in [0.25, 0.3) is 5.91 Å². The van der Waals surface area contributed by atoms with E-state index in [4.69, 9.17) is 0 Å². The normalized spacial score (nSPS) is 10.5. The van der Waals surface area contributed by atoms with Crippen LogP contribution in [0.3, 0.4) is 0 Å². The second-order valence-electron chi connectivity index (χ2n) is 4.51. The minimum Gasteiger partial charge on any atom is -0.298 e. The van der Waals surface area contributed by atoms with Gasteiger partial charge in [0, 0.05) is 24.5 Å². The van der Waals surface area contributed by atoms with Crippen molar-refractivity contribution in [1.82, 2.24) is 4.98 Å². The van der Waals surface area contributed by atoms with Crippen molar-refractivity contribution in [2.45, 2.75) is 0 Å². The number of thiazole rings is 1. The minimum absolute atomic E-state index is 0.143. The number of aromatic nitrogens is 1. The van der Waals surface area contributed by atoms with Crippen LogP contribution in [-0.4, -0.2) is 10.9 Å². The fourth-order valence-corrected chi connectivity index (χ4v) is 3.41. The van der Waals surface area contributed by atoms with Gasteiger partial charge in [0.2, 0.25) is 0 Å². The molecular formula is C16H10BrIN2OS. The number of hydrogen-bond acceptors (Lipinski definition) is 3. The average Bonchev–Trinajstić information content (AvgIpc) is 2.96. The van der Waals surface area contributed by atoms with E-state index in [0.29, 0.717) is 10.7 Å². The summed E-state index contributed by atoms with van der Waals surface area (Å²) in [5.41, 5.74) is 2.51. The van der Waals surface area contributed by atoms with Crippen molar-refractivity contribution in [3.05, 3.63) is 67.5 Å². The Labute approximate surface area is 154 Å². The number of benzene rings is 2. The summed E-state index contributed by atoms with van der Waals surface area (Å²) >= 11 is 7.02. The number of rotatable bonds is 3. The highest BCUT2D eigenvalue weighted by Crippen LogP contribution is 2.26. The van der Waals surface area contributed by atoms with Gasteiger partial charge in [0.05, 0.1) is 5.69 Å². The Balaban J connectivity index is 1.77. The van der Waals surface area contributed by atoms with Gasteiger partial charge in [-0.3, -0.25) is 10.1 Å². The van der Waals surface area contributed by atoms with E-state index >= 15 is 0 Å². The van der Waals surface area contributed by atoms with Crippen LogP contribution in [0.4, 0.5) is 5.13 Å². The standard InChI is InChI=1S/C16H10BrIN2OS/c17-12-6-4-10(5-7-12)14-9-22-16(19-14)20-15(21)11-2-1-3-13(18)8-11/h1-9H,(H,19,20,21). The second-order valence-corrected chi connectivity index (χ2v) is 7.53. The van der Waals surface area contributed by atoms with Crippen molar-refractivity contribution >= 4 is 60.9 Å². The van der Waals surface area contributed by atoms with Gasteiger partial charge < -0.3 is 0 Å². The smallest absolute Gasteiger partial charge is 0.257 e. The Bertz CT molecular complexity index is 817. The molecule has 0 fully saturated rings. The van der Waals surface area contributed by atoms with E-state index in [0.717, 1.165) is 19.3 Å². The number of carbonyl (C=O) groups is 1. The molecule has 1 amide bonds. The molecule has 0 aliphatic carbocycles. The molecule has 0 spiro atoms. The zero-order chi connectivity index (χ0) is 15.5. The number of amides is 1. The molecule has 6 heteroatoms. The number of hydrogen-bond donors (Lipinski definition) is 1. The third-order valence-corrected chi connectivity index (χ3v) is 4.91. The molecule has 0 radical (unpaired) electrons. The molecule has 1 N–H and O–H groups in total. The van der Waals surface area contributed by atoms with Crippen LogP contribution in [0.2, 0.25) is 0 Å². The monoisotopic (exact) mass is 484 g/mol. The lowest BCUT2D eigenvalue weighted by atomic mass is 10.2. The van der Waals surface area contributed by atoms with E-state index in [1.807, 2.05) is 47.8 Å². The van der Waals surface area contributed by atoms with Crippen LogP contribution < -0.4 is 5.32 Å². The molecule has 22 heavy (non-hydrogen) atoms. The molecule has 2 aromatic carbocycles. The van der Waals surface area contributed by atoms with Crippen molar-refractivity contribution < 1.29 is 4.79 Å². The molecule has 0 aliphatic heterocycles. The highest BCUT2D eigenvalue weighted by molar-refractivity contribution is 14.1. The molecule has 0 saturated heterocycles. The van der Waals surface area contributed by atoms with E-state index in [9.17, 15) is 4.79 Å². The molecule has 0 saturated carbocycles. The zero-order valence-corrected chi connectivity index (χ0v) is 15.8. The van der Waals surface area contributed by atoms with Gasteiger partial charge in [-0.1, -0.05) is 34.1 Å². The molecular weight excluding hydrogens is 475 g/mol. The summed E-state index contributed by atoms with van der Waals surface area (Å²) in [6.07, 6.45) is 0. The fraction of sp³-hybridized carbons (Fsp3) is 0. The van der Waals surface area contributed by atoms with Crippen LogP contribution in [0, 0.1) is 3.57 Å². The zero-order valence-electron chi connectivity index (χ0n) is 11.2. The Morgan fingerprint density at radius 2 is 1.95 bits per heavy atom. The number of halogens is 2. The van der Waals surface area contributed by atoms with E-state index < -0.39 is 0 Å². The maximum Gasteiger partial charge on any atom is 0.257 e. The maximum atomic E-state index is 12.2. The highest BCUT2D eigenvalue weighted by atomic mass is 127. The summed E-state index contributed by atoms with van der Waals surface area (Å²) in [6, 6.07) is 15.4. The Hall–Kier alpha value is -1.25. The van der Waals surface area contributed by atoms with Crippen molar-refractivity contribution in [2.24, 2.45) is 0 Å². The van der Waals surface area contributed by atoms with Gasteiger partial charge in [-0.25, -0.2) is 4.98 Å². The second kappa shape index (κ2) is 6.89. The summed E-state index contributed by atoms with van der Waals surface area (Å²) in [7, 11) is 0. The summed E-state index contributed by atoms with van der Waals surface area (Å²) in [4.78, 5) is 16.7. The van der Waals surface area contributed by atoms with Crippen LogP contribution in [0.1, 0.15) is 10.4 Å². The lowest BCUT2D eigenvalue weighted by molar-refractivity contribution is 0.102. The first-order valence-electron chi connectivity index (χ1n) is 6.40. The van der Waals surface area contributed by atoms with E-state index in [1.165, 1.54) is 11.3 Å². The lowest BCUT2D eigenvalue weighted by Crippen LogP contribution is -2.11. The summed E-state index contributed by atoms with van der Waals surface area (Å²) in [5, 5.41) is 5.38. The van der Waals surface area contributed by atoms with Gasteiger partial charge >= 0.3 is 0 Å². The third-order valence-electron chi connectivity index (χ3n) is 2.95. The van der Waals surface area contributed by atoms with E-state index in [2.05, 4.69) is 48.8 Å².